The first-order valence-corrected chi connectivity index (χ1v) is 7.17. The quantitative estimate of drug-likeness (QED) is 0.584. The van der Waals surface area contributed by atoms with E-state index in [0.29, 0.717) is 16.8 Å². The van der Waals surface area contributed by atoms with Crippen molar-refractivity contribution in [3.05, 3.63) is 17.8 Å². The Bertz CT molecular complexity index is 370. The third-order valence-corrected chi connectivity index (χ3v) is 3.42. The Morgan fingerprint density at radius 1 is 1.65 bits per heavy atom. The van der Waals surface area contributed by atoms with E-state index in [1.807, 2.05) is 11.8 Å². The van der Waals surface area contributed by atoms with Gasteiger partial charge in [0.2, 0.25) is 0 Å². The van der Waals surface area contributed by atoms with Gasteiger partial charge in [-0.3, -0.25) is 0 Å². The van der Waals surface area contributed by atoms with Crippen molar-refractivity contribution >= 4 is 34.8 Å². The molecule has 1 heterocycles. The van der Waals surface area contributed by atoms with Gasteiger partial charge >= 0.3 is 0 Å². The van der Waals surface area contributed by atoms with Crippen molar-refractivity contribution in [2.24, 2.45) is 5.73 Å². The topological polar surface area (TPSA) is 63.8 Å². The Morgan fingerprint density at radius 3 is 3.06 bits per heavy atom. The van der Waals surface area contributed by atoms with Gasteiger partial charge in [0.25, 0.3) is 0 Å². The summed E-state index contributed by atoms with van der Waals surface area (Å²) in [7, 11) is 0. The minimum atomic E-state index is 0.332. The molecule has 0 bridgehead atoms. The largest absolute Gasteiger partial charge is 0.389 e. The summed E-state index contributed by atoms with van der Waals surface area (Å²) >= 11 is 6.91. The summed E-state index contributed by atoms with van der Waals surface area (Å²) in [4.78, 5) is 0.345. The van der Waals surface area contributed by atoms with Crippen LogP contribution in [-0.2, 0) is 0 Å². The molecule has 0 aliphatic carbocycles. The van der Waals surface area contributed by atoms with Crippen LogP contribution < -0.4 is 11.1 Å². The van der Waals surface area contributed by atoms with Crippen LogP contribution in [0.15, 0.2) is 12.3 Å². The van der Waals surface area contributed by atoms with Crippen molar-refractivity contribution in [3.63, 3.8) is 0 Å². The molecule has 1 aromatic heterocycles. The van der Waals surface area contributed by atoms with E-state index in [-0.39, 0.29) is 0 Å². The van der Waals surface area contributed by atoms with Crippen LogP contribution in [0.25, 0.3) is 0 Å². The molecule has 0 saturated carbocycles. The number of anilines is 1. The van der Waals surface area contributed by atoms with E-state index >= 15 is 0 Å². The number of thioether (sulfide) groups is 1. The van der Waals surface area contributed by atoms with Crippen molar-refractivity contribution < 1.29 is 0 Å². The van der Waals surface area contributed by atoms with Gasteiger partial charge in [0.1, 0.15) is 4.99 Å². The van der Waals surface area contributed by atoms with E-state index < -0.39 is 0 Å². The van der Waals surface area contributed by atoms with Gasteiger partial charge in [-0.15, -0.1) is 5.10 Å². The van der Waals surface area contributed by atoms with E-state index in [2.05, 4.69) is 29.4 Å². The van der Waals surface area contributed by atoms with Crippen LogP contribution in [0.3, 0.4) is 0 Å². The zero-order valence-electron chi connectivity index (χ0n) is 10.1. The van der Waals surface area contributed by atoms with Crippen molar-refractivity contribution in [2.45, 2.75) is 26.3 Å². The fourth-order valence-corrected chi connectivity index (χ4v) is 2.32. The molecular formula is C11H18N4S2. The predicted molar refractivity (Wildman–Crippen MR) is 78.6 cm³/mol. The van der Waals surface area contributed by atoms with Gasteiger partial charge in [0, 0.05) is 6.04 Å². The van der Waals surface area contributed by atoms with Gasteiger partial charge in [-0.2, -0.15) is 16.9 Å². The minimum Gasteiger partial charge on any atom is -0.389 e. The maximum absolute atomic E-state index is 5.63. The molecule has 1 aromatic rings. The van der Waals surface area contributed by atoms with Crippen LogP contribution in [0, 0.1) is 0 Å². The summed E-state index contributed by atoms with van der Waals surface area (Å²) in [6.45, 7) is 4.28. The first-order chi connectivity index (χ1) is 8.15. The molecule has 0 saturated heterocycles. The highest BCUT2D eigenvalue weighted by atomic mass is 32.2. The molecule has 1 unspecified atom stereocenters. The second-order valence-corrected chi connectivity index (χ2v) is 5.52. The molecule has 0 aliphatic heterocycles. The predicted octanol–water partition coefficient (Wildman–Crippen LogP) is 2.05. The zero-order chi connectivity index (χ0) is 12.7. The van der Waals surface area contributed by atoms with Crippen molar-refractivity contribution in [3.8, 4) is 0 Å². The fraction of sp³-hybridized carbons (Fsp3) is 0.545. The maximum atomic E-state index is 5.63. The van der Waals surface area contributed by atoms with Crippen LogP contribution in [-0.4, -0.2) is 32.7 Å². The lowest BCUT2D eigenvalue weighted by Gasteiger charge is -2.15. The minimum absolute atomic E-state index is 0.332. The zero-order valence-corrected chi connectivity index (χ0v) is 11.8. The van der Waals surface area contributed by atoms with Crippen molar-refractivity contribution in [1.29, 1.82) is 0 Å². The van der Waals surface area contributed by atoms with Gasteiger partial charge in [-0.25, -0.2) is 0 Å². The molecule has 1 rings (SSSR count). The SMILES string of the molecule is CCSCCC(C)Nc1nnccc1C(N)=S. The summed E-state index contributed by atoms with van der Waals surface area (Å²) < 4.78 is 0. The van der Waals surface area contributed by atoms with Gasteiger partial charge in [-0.05, 0) is 30.9 Å². The van der Waals surface area contributed by atoms with Crippen molar-refractivity contribution in [1.82, 2.24) is 10.2 Å². The summed E-state index contributed by atoms with van der Waals surface area (Å²) in [6, 6.07) is 2.12. The summed E-state index contributed by atoms with van der Waals surface area (Å²) in [5, 5.41) is 11.2. The molecule has 0 spiro atoms. The highest BCUT2D eigenvalue weighted by Crippen LogP contribution is 2.13. The average Bonchev–Trinajstić information content (AvgIpc) is 2.29. The monoisotopic (exact) mass is 270 g/mol. The standard InChI is InChI=1S/C11H18N4S2/c1-3-17-7-5-8(2)14-11-9(10(12)16)4-6-13-15-11/h4,6,8H,3,5,7H2,1-2H3,(H2,12,16)(H,14,15). The van der Waals surface area contributed by atoms with E-state index in [0.717, 1.165) is 23.5 Å². The van der Waals surface area contributed by atoms with Gasteiger partial charge < -0.3 is 11.1 Å². The number of thiocarbonyl (C=S) groups is 1. The molecule has 0 aromatic carbocycles. The number of hydrogen-bond acceptors (Lipinski definition) is 5. The normalized spacial score (nSPS) is 12.1. The van der Waals surface area contributed by atoms with Gasteiger partial charge in [-0.1, -0.05) is 19.1 Å². The highest BCUT2D eigenvalue weighted by Gasteiger charge is 2.09. The molecule has 94 valence electrons. The Kier molecular flexibility index (Phi) is 6.21. The molecule has 0 aliphatic rings. The molecule has 0 fully saturated rings. The summed E-state index contributed by atoms with van der Waals surface area (Å²) in [6.07, 6.45) is 2.67. The molecule has 1 atom stereocenters. The van der Waals surface area contributed by atoms with Crippen LogP contribution in [0.1, 0.15) is 25.8 Å². The highest BCUT2D eigenvalue weighted by molar-refractivity contribution is 7.99. The van der Waals surface area contributed by atoms with Gasteiger partial charge in [0.05, 0.1) is 11.8 Å². The molecule has 0 amide bonds. The fourth-order valence-electron chi connectivity index (χ4n) is 1.35. The molecule has 3 N–H and O–H groups in total. The van der Waals surface area contributed by atoms with E-state index in [1.54, 1.807) is 12.3 Å². The molecule has 17 heavy (non-hydrogen) atoms. The van der Waals surface area contributed by atoms with E-state index in [4.69, 9.17) is 18.0 Å². The number of rotatable bonds is 7. The second-order valence-electron chi connectivity index (χ2n) is 3.69. The van der Waals surface area contributed by atoms with Crippen LogP contribution in [0.2, 0.25) is 0 Å². The summed E-state index contributed by atoms with van der Waals surface area (Å²) in [5.74, 6) is 2.96. The number of nitrogens with zero attached hydrogens (tertiary/aromatic N) is 2. The first-order valence-electron chi connectivity index (χ1n) is 5.61. The number of hydrogen-bond donors (Lipinski definition) is 2. The van der Waals surface area contributed by atoms with E-state index in [9.17, 15) is 0 Å². The third kappa shape index (κ3) is 4.87. The number of nitrogens with one attached hydrogen (secondary N) is 1. The first kappa shape index (κ1) is 14.2. The Hall–Kier alpha value is -0.880. The van der Waals surface area contributed by atoms with Crippen molar-refractivity contribution in [2.75, 3.05) is 16.8 Å². The van der Waals surface area contributed by atoms with Crippen LogP contribution in [0.5, 0.6) is 0 Å². The van der Waals surface area contributed by atoms with E-state index in [1.165, 1.54) is 0 Å². The lowest BCUT2D eigenvalue weighted by Crippen LogP contribution is -2.21. The average molecular weight is 270 g/mol. The molecule has 0 radical (unpaired) electrons. The Labute approximate surface area is 112 Å². The lowest BCUT2D eigenvalue weighted by atomic mass is 10.2. The van der Waals surface area contributed by atoms with Gasteiger partial charge in [0.15, 0.2) is 5.82 Å². The number of aromatic nitrogens is 2. The molecular weight excluding hydrogens is 252 g/mol. The molecule has 6 heteroatoms. The Balaban J connectivity index is 2.58. The Morgan fingerprint density at radius 2 is 2.41 bits per heavy atom. The third-order valence-electron chi connectivity index (χ3n) is 2.27. The van der Waals surface area contributed by atoms with Crippen LogP contribution >= 0.6 is 24.0 Å². The maximum Gasteiger partial charge on any atom is 0.159 e. The number of nitrogens with two attached hydrogens (primary N) is 1. The molecule has 4 nitrogen and oxygen atoms in total. The van der Waals surface area contributed by atoms with Crippen LogP contribution in [0.4, 0.5) is 5.82 Å². The second kappa shape index (κ2) is 7.45. The smallest absolute Gasteiger partial charge is 0.159 e. The lowest BCUT2D eigenvalue weighted by molar-refractivity contribution is 0.761. The summed E-state index contributed by atoms with van der Waals surface area (Å²) in [5.41, 5.74) is 6.39.